The van der Waals surface area contributed by atoms with Crippen molar-refractivity contribution in [3.8, 4) is 0 Å². The topological polar surface area (TPSA) is 88.2 Å². The third-order valence-electron chi connectivity index (χ3n) is 7.35. The summed E-state index contributed by atoms with van der Waals surface area (Å²) in [5, 5.41) is 3.64. The van der Waals surface area contributed by atoms with Gasteiger partial charge in [0.15, 0.2) is 5.79 Å². The standard InChI is InChI=1S/C25H33N3O5/c1-24(2,3)28-21(29)8-7-20(23(28)31)27-15-18-17(22(27)30)5-4-6-19(18)26-16-9-11-25(12-10-16)32-13-14-33-25/h4-6,16,20,26H,7-15H2,1-3H3. The van der Waals surface area contributed by atoms with Crippen molar-refractivity contribution in [1.29, 1.82) is 0 Å². The Labute approximate surface area is 194 Å². The van der Waals surface area contributed by atoms with E-state index in [0.717, 1.165) is 36.9 Å². The van der Waals surface area contributed by atoms with E-state index in [1.54, 1.807) is 4.90 Å². The maximum atomic E-state index is 13.3. The molecule has 0 radical (unpaired) electrons. The van der Waals surface area contributed by atoms with Crippen molar-refractivity contribution in [3.63, 3.8) is 0 Å². The number of anilines is 1. The number of piperidine rings is 1. The molecule has 3 aliphatic heterocycles. The fourth-order valence-electron chi connectivity index (χ4n) is 5.71. The van der Waals surface area contributed by atoms with Crippen LogP contribution < -0.4 is 5.32 Å². The van der Waals surface area contributed by atoms with Crippen molar-refractivity contribution >= 4 is 23.4 Å². The minimum Gasteiger partial charge on any atom is -0.382 e. The molecule has 1 N–H and O–H groups in total. The van der Waals surface area contributed by atoms with Crippen LogP contribution in [0.4, 0.5) is 5.69 Å². The molecule has 0 aromatic heterocycles. The molecular formula is C25H33N3O5. The molecule has 1 aliphatic carbocycles. The van der Waals surface area contributed by atoms with Gasteiger partial charge in [0.05, 0.1) is 13.2 Å². The number of carbonyl (C=O) groups is 3. The van der Waals surface area contributed by atoms with Crippen LogP contribution in [0.1, 0.15) is 75.2 Å². The van der Waals surface area contributed by atoms with Crippen molar-refractivity contribution in [2.24, 2.45) is 0 Å². The van der Waals surface area contributed by atoms with Gasteiger partial charge in [-0.15, -0.1) is 0 Å². The van der Waals surface area contributed by atoms with Crippen molar-refractivity contribution in [2.45, 2.75) is 89.3 Å². The lowest BCUT2D eigenvalue weighted by atomic mass is 9.89. The van der Waals surface area contributed by atoms with Gasteiger partial charge in [0, 0.05) is 54.2 Å². The first-order chi connectivity index (χ1) is 15.7. The largest absolute Gasteiger partial charge is 0.382 e. The Kier molecular flexibility index (Phi) is 5.48. The highest BCUT2D eigenvalue weighted by Crippen LogP contribution is 2.39. The molecule has 3 fully saturated rings. The average Bonchev–Trinajstić information content (AvgIpc) is 3.35. The van der Waals surface area contributed by atoms with E-state index in [0.29, 0.717) is 31.7 Å². The van der Waals surface area contributed by atoms with Gasteiger partial charge in [-0.25, -0.2) is 0 Å². The van der Waals surface area contributed by atoms with Gasteiger partial charge in [0.1, 0.15) is 6.04 Å². The molecule has 0 bridgehead atoms. The van der Waals surface area contributed by atoms with Gasteiger partial charge in [0.2, 0.25) is 5.91 Å². The molecule has 2 saturated heterocycles. The van der Waals surface area contributed by atoms with Crippen LogP contribution in [0.5, 0.6) is 0 Å². The summed E-state index contributed by atoms with van der Waals surface area (Å²) in [7, 11) is 0. The molecule has 1 saturated carbocycles. The highest BCUT2D eigenvalue weighted by Gasteiger charge is 2.46. The summed E-state index contributed by atoms with van der Waals surface area (Å²) >= 11 is 0. The maximum Gasteiger partial charge on any atom is 0.255 e. The predicted octanol–water partition coefficient (Wildman–Crippen LogP) is 3.06. The number of nitrogens with zero attached hydrogens (tertiary/aromatic N) is 2. The Morgan fingerprint density at radius 2 is 1.73 bits per heavy atom. The zero-order chi connectivity index (χ0) is 23.4. The van der Waals surface area contributed by atoms with Crippen LogP contribution in [0.3, 0.4) is 0 Å². The normalized spacial score (nSPS) is 25.8. The Hall–Kier alpha value is -2.45. The zero-order valence-corrected chi connectivity index (χ0v) is 19.7. The molecule has 3 heterocycles. The van der Waals surface area contributed by atoms with E-state index in [2.05, 4.69) is 5.32 Å². The number of nitrogens with one attached hydrogen (secondary N) is 1. The van der Waals surface area contributed by atoms with Crippen molar-refractivity contribution in [3.05, 3.63) is 29.3 Å². The van der Waals surface area contributed by atoms with E-state index in [4.69, 9.17) is 9.47 Å². The van der Waals surface area contributed by atoms with E-state index in [9.17, 15) is 14.4 Å². The van der Waals surface area contributed by atoms with E-state index in [1.807, 2.05) is 39.0 Å². The van der Waals surface area contributed by atoms with Gasteiger partial charge in [-0.05, 0) is 52.2 Å². The molecule has 1 atom stereocenters. The van der Waals surface area contributed by atoms with Crippen LogP contribution >= 0.6 is 0 Å². The smallest absolute Gasteiger partial charge is 0.255 e. The van der Waals surface area contributed by atoms with Crippen LogP contribution in [-0.4, -0.2) is 64.1 Å². The lowest BCUT2D eigenvalue weighted by Crippen LogP contribution is -2.60. The molecule has 1 spiro atoms. The Bertz CT molecular complexity index is 969. The summed E-state index contributed by atoms with van der Waals surface area (Å²) in [6.45, 7) is 7.26. The fourth-order valence-corrected chi connectivity index (χ4v) is 5.71. The number of carbonyl (C=O) groups excluding carboxylic acids is 3. The number of fused-ring (bicyclic) bond motifs is 1. The monoisotopic (exact) mass is 455 g/mol. The Morgan fingerprint density at radius 3 is 2.39 bits per heavy atom. The number of benzene rings is 1. The molecular weight excluding hydrogens is 422 g/mol. The summed E-state index contributed by atoms with van der Waals surface area (Å²) in [4.78, 5) is 42.0. The molecule has 3 amide bonds. The quantitative estimate of drug-likeness (QED) is 0.705. The van der Waals surface area contributed by atoms with Crippen LogP contribution in [-0.2, 0) is 25.6 Å². The first kappa shape index (κ1) is 22.3. The van der Waals surface area contributed by atoms with Gasteiger partial charge >= 0.3 is 0 Å². The van der Waals surface area contributed by atoms with Gasteiger partial charge in [-0.1, -0.05) is 6.07 Å². The minimum absolute atomic E-state index is 0.134. The minimum atomic E-state index is -0.611. The van der Waals surface area contributed by atoms with E-state index >= 15 is 0 Å². The fraction of sp³-hybridized carbons (Fsp3) is 0.640. The first-order valence-corrected chi connectivity index (χ1v) is 12.0. The SMILES string of the molecule is CC(C)(C)N1C(=O)CCC(N2Cc3c(NC4CCC5(CC4)OCCO5)cccc3C2=O)C1=O. The Balaban J connectivity index is 1.32. The first-order valence-electron chi connectivity index (χ1n) is 12.0. The van der Waals surface area contributed by atoms with E-state index < -0.39 is 17.4 Å². The number of hydrogen-bond acceptors (Lipinski definition) is 6. The molecule has 4 aliphatic rings. The second kappa shape index (κ2) is 8.09. The maximum absolute atomic E-state index is 13.3. The second-order valence-electron chi connectivity index (χ2n) is 10.6. The van der Waals surface area contributed by atoms with E-state index in [1.165, 1.54) is 4.90 Å². The number of hydrogen-bond donors (Lipinski definition) is 1. The molecule has 1 aromatic carbocycles. The number of likely N-dealkylation sites (tertiary alicyclic amines) is 1. The van der Waals surface area contributed by atoms with Gasteiger partial charge in [0.25, 0.3) is 11.8 Å². The van der Waals surface area contributed by atoms with Crippen LogP contribution in [0.25, 0.3) is 0 Å². The molecule has 33 heavy (non-hydrogen) atoms. The lowest BCUT2D eigenvalue weighted by molar-refractivity contribution is -0.177. The summed E-state index contributed by atoms with van der Waals surface area (Å²) < 4.78 is 11.7. The summed E-state index contributed by atoms with van der Waals surface area (Å²) in [5.74, 6) is -0.976. The second-order valence-corrected chi connectivity index (χ2v) is 10.6. The Morgan fingerprint density at radius 1 is 1.03 bits per heavy atom. The van der Waals surface area contributed by atoms with Crippen molar-refractivity contribution < 1.29 is 23.9 Å². The van der Waals surface area contributed by atoms with E-state index in [-0.39, 0.29) is 30.2 Å². The third-order valence-corrected chi connectivity index (χ3v) is 7.35. The van der Waals surface area contributed by atoms with Crippen LogP contribution in [0.15, 0.2) is 18.2 Å². The highest BCUT2D eigenvalue weighted by atomic mass is 16.7. The number of amides is 3. The molecule has 8 heteroatoms. The molecule has 178 valence electrons. The molecule has 1 unspecified atom stereocenters. The molecule has 8 nitrogen and oxygen atoms in total. The van der Waals surface area contributed by atoms with Crippen LogP contribution in [0.2, 0.25) is 0 Å². The van der Waals surface area contributed by atoms with Crippen molar-refractivity contribution in [2.75, 3.05) is 18.5 Å². The third kappa shape index (κ3) is 3.93. The number of rotatable bonds is 3. The number of imide groups is 1. The lowest BCUT2D eigenvalue weighted by Gasteiger charge is -2.41. The van der Waals surface area contributed by atoms with Gasteiger partial charge in [-0.3, -0.25) is 19.3 Å². The summed E-state index contributed by atoms with van der Waals surface area (Å²) in [6.07, 6.45) is 4.23. The van der Waals surface area contributed by atoms with Crippen LogP contribution in [0, 0.1) is 0 Å². The molecule has 5 rings (SSSR count). The van der Waals surface area contributed by atoms with Gasteiger partial charge < -0.3 is 19.7 Å². The van der Waals surface area contributed by atoms with Gasteiger partial charge in [-0.2, -0.15) is 0 Å². The predicted molar refractivity (Wildman–Crippen MR) is 121 cm³/mol. The van der Waals surface area contributed by atoms with Crippen molar-refractivity contribution in [1.82, 2.24) is 9.80 Å². The molecule has 1 aromatic rings. The zero-order valence-electron chi connectivity index (χ0n) is 19.7. The summed E-state index contributed by atoms with van der Waals surface area (Å²) in [5.41, 5.74) is 1.91. The highest BCUT2D eigenvalue weighted by molar-refractivity contribution is 6.06. The number of ether oxygens (including phenoxy) is 2. The average molecular weight is 456 g/mol. The summed E-state index contributed by atoms with van der Waals surface area (Å²) in [6, 6.07) is 5.41.